The normalized spacial score (nSPS) is 21.8. The number of hydrogen-bond donors (Lipinski definition) is 2. The van der Waals surface area contributed by atoms with Crippen LogP contribution in [0.5, 0.6) is 0 Å². The second kappa shape index (κ2) is 11.2. The largest absolute Gasteiger partial charge is 0.377 e. The number of para-hydroxylation sites is 1. The first kappa shape index (κ1) is 28.4. The molecule has 6 aromatic rings. The van der Waals surface area contributed by atoms with Crippen LogP contribution in [0.15, 0.2) is 173 Å². The third-order valence-electron chi connectivity index (χ3n) is 9.92. The van der Waals surface area contributed by atoms with Gasteiger partial charge < -0.3 is 10.3 Å². The Kier molecular flexibility index (Phi) is 6.36. The summed E-state index contributed by atoms with van der Waals surface area (Å²) >= 11 is 0. The van der Waals surface area contributed by atoms with Gasteiger partial charge in [0.1, 0.15) is 17.1 Å². The Labute approximate surface area is 288 Å². The maximum absolute atomic E-state index is 14.6. The number of Topliss-reactive ketones (excluding diaryl/α,β-unsaturated/α-hetero) is 1. The van der Waals surface area contributed by atoms with Crippen molar-refractivity contribution in [3.8, 4) is 11.3 Å². The number of aliphatic imine (C=N–C) groups is 2. The van der Waals surface area contributed by atoms with Gasteiger partial charge in [-0.25, -0.2) is 15.0 Å². The molecule has 236 valence electrons. The van der Waals surface area contributed by atoms with E-state index >= 15 is 0 Å². The van der Waals surface area contributed by atoms with Crippen molar-refractivity contribution >= 4 is 44.9 Å². The lowest BCUT2D eigenvalue weighted by Gasteiger charge is -2.24. The van der Waals surface area contributed by atoms with Crippen molar-refractivity contribution in [3.63, 3.8) is 0 Å². The van der Waals surface area contributed by atoms with Crippen molar-refractivity contribution in [2.45, 2.75) is 12.0 Å². The summed E-state index contributed by atoms with van der Waals surface area (Å²) in [4.78, 5) is 33.9. The fourth-order valence-corrected chi connectivity index (χ4v) is 7.69. The molecule has 4 aliphatic heterocycles. The highest BCUT2D eigenvalue weighted by atomic mass is 16.1. The Bertz CT molecular complexity index is 2570. The molecular weight excluding hydrogens is 615 g/mol. The second-order valence-electron chi connectivity index (χ2n) is 12.8. The number of aromatic nitrogens is 2. The molecule has 10 rings (SSSR count). The minimum absolute atomic E-state index is 0.147. The first-order chi connectivity index (χ1) is 24.7. The van der Waals surface area contributed by atoms with E-state index in [0.29, 0.717) is 17.1 Å². The summed E-state index contributed by atoms with van der Waals surface area (Å²) < 4.78 is 0. The molecule has 8 bridgehead atoms. The zero-order valence-electron chi connectivity index (χ0n) is 26.8. The standard InChI is InChI=1S/C44H29N5O/c50-44-42-39(28-16-8-3-9-17-28)35-24-22-33(46-35)37(26-12-4-1-5-13-26)31-20-21-32(45-31)38(27-14-6-2-7-15-27)34-23-25-36(47-34)40-29-18-10-11-19-30(29)48-43(44)41(40)49-42/h1-25,35,39,46-47H/b37-33-,38-32-. The molecule has 0 radical (unpaired) electrons. The highest BCUT2D eigenvalue weighted by molar-refractivity contribution is 6.52. The number of nitrogens with one attached hydrogen (secondary N) is 2. The maximum Gasteiger partial charge on any atom is 0.228 e. The molecule has 6 heterocycles. The summed E-state index contributed by atoms with van der Waals surface area (Å²) in [6.07, 6.45) is 8.49. The number of ketones is 1. The predicted molar refractivity (Wildman–Crippen MR) is 201 cm³/mol. The lowest BCUT2D eigenvalue weighted by atomic mass is 9.85. The van der Waals surface area contributed by atoms with E-state index < -0.39 is 0 Å². The van der Waals surface area contributed by atoms with Crippen LogP contribution in [0.1, 0.15) is 38.8 Å². The number of aromatic amines is 1. The van der Waals surface area contributed by atoms with Crippen LogP contribution in [0.2, 0.25) is 0 Å². The summed E-state index contributed by atoms with van der Waals surface area (Å²) in [6, 6.07) is 42.8. The number of allylic oxidation sites excluding steroid dienone is 4. The number of benzene rings is 4. The smallest absolute Gasteiger partial charge is 0.228 e. The van der Waals surface area contributed by atoms with Gasteiger partial charge in [0.15, 0.2) is 0 Å². The minimum atomic E-state index is -0.368. The van der Waals surface area contributed by atoms with Gasteiger partial charge in [-0.2, -0.15) is 0 Å². The van der Waals surface area contributed by atoms with E-state index in [-0.39, 0.29) is 17.7 Å². The molecule has 6 nitrogen and oxygen atoms in total. The molecule has 50 heavy (non-hydrogen) atoms. The van der Waals surface area contributed by atoms with Gasteiger partial charge in [-0.15, -0.1) is 0 Å². The zero-order chi connectivity index (χ0) is 33.2. The van der Waals surface area contributed by atoms with E-state index in [9.17, 15) is 4.79 Å². The van der Waals surface area contributed by atoms with Gasteiger partial charge in [-0.3, -0.25) is 4.79 Å². The Morgan fingerprint density at radius 2 is 1.30 bits per heavy atom. The zero-order valence-corrected chi connectivity index (χ0v) is 26.8. The van der Waals surface area contributed by atoms with Crippen LogP contribution in [0, 0.1) is 0 Å². The van der Waals surface area contributed by atoms with Crippen LogP contribution in [0.25, 0.3) is 33.3 Å². The van der Waals surface area contributed by atoms with Gasteiger partial charge in [-0.05, 0) is 53.1 Å². The molecule has 0 aliphatic carbocycles. The van der Waals surface area contributed by atoms with E-state index in [2.05, 4.69) is 89.2 Å². The number of fused-ring (bicyclic) bond motifs is 8. The summed E-state index contributed by atoms with van der Waals surface area (Å²) in [7, 11) is 0. The van der Waals surface area contributed by atoms with Crippen LogP contribution in [-0.2, 0) is 0 Å². The summed E-state index contributed by atoms with van der Waals surface area (Å²) in [5, 5.41) is 4.75. The first-order valence-corrected chi connectivity index (χ1v) is 16.8. The van der Waals surface area contributed by atoms with Crippen molar-refractivity contribution in [2.24, 2.45) is 9.98 Å². The molecule has 2 N–H and O–H groups in total. The predicted octanol–water partition coefficient (Wildman–Crippen LogP) is 9.01. The summed E-state index contributed by atoms with van der Waals surface area (Å²) in [5.41, 5.74) is 12.6. The van der Waals surface area contributed by atoms with Crippen molar-refractivity contribution in [1.29, 1.82) is 0 Å². The highest BCUT2D eigenvalue weighted by Crippen LogP contribution is 2.45. The van der Waals surface area contributed by atoms with Crippen molar-refractivity contribution in [1.82, 2.24) is 15.3 Å². The van der Waals surface area contributed by atoms with E-state index in [1.807, 2.05) is 72.8 Å². The highest BCUT2D eigenvalue weighted by Gasteiger charge is 2.40. The summed E-state index contributed by atoms with van der Waals surface area (Å²) in [6.45, 7) is 0. The number of carbonyl (C=O) groups excluding carboxylic acids is 1. The molecular formula is C44H29N5O. The van der Waals surface area contributed by atoms with Gasteiger partial charge >= 0.3 is 0 Å². The van der Waals surface area contributed by atoms with Crippen molar-refractivity contribution in [3.05, 3.63) is 191 Å². The Balaban J connectivity index is 1.29. The maximum atomic E-state index is 14.6. The average molecular weight is 644 g/mol. The molecule has 0 fully saturated rings. The van der Waals surface area contributed by atoms with Crippen LogP contribution in [0.3, 0.4) is 0 Å². The third-order valence-corrected chi connectivity index (χ3v) is 9.92. The molecule has 4 aromatic carbocycles. The fourth-order valence-electron chi connectivity index (χ4n) is 7.69. The molecule has 0 saturated heterocycles. The summed E-state index contributed by atoms with van der Waals surface area (Å²) in [5.74, 6) is -0.515. The van der Waals surface area contributed by atoms with E-state index in [1.54, 1.807) is 0 Å². The quantitative estimate of drug-likeness (QED) is 0.202. The molecule has 0 spiro atoms. The lowest BCUT2D eigenvalue weighted by Crippen LogP contribution is -2.36. The second-order valence-corrected chi connectivity index (χ2v) is 12.8. The fraction of sp³-hybridized carbons (Fsp3) is 0.0455. The Morgan fingerprint density at radius 1 is 0.620 bits per heavy atom. The van der Waals surface area contributed by atoms with Gasteiger partial charge in [-0.1, -0.05) is 115 Å². The lowest BCUT2D eigenvalue weighted by molar-refractivity contribution is 0.106. The van der Waals surface area contributed by atoms with E-state index in [1.165, 1.54) is 0 Å². The first-order valence-electron chi connectivity index (χ1n) is 16.8. The van der Waals surface area contributed by atoms with Crippen LogP contribution in [-0.4, -0.2) is 33.2 Å². The monoisotopic (exact) mass is 643 g/mol. The van der Waals surface area contributed by atoms with Crippen molar-refractivity contribution < 1.29 is 4.79 Å². The number of H-pyrrole nitrogens is 1. The average Bonchev–Trinajstić information content (AvgIpc) is 3.99. The molecule has 2 atom stereocenters. The molecule has 4 aliphatic rings. The van der Waals surface area contributed by atoms with Crippen LogP contribution < -0.4 is 5.32 Å². The van der Waals surface area contributed by atoms with Gasteiger partial charge in [0, 0.05) is 39.2 Å². The van der Waals surface area contributed by atoms with Gasteiger partial charge in [0.25, 0.3) is 0 Å². The SMILES string of the molecule is O=C1C2=Nc3c1nc1ccccc1c3-c1ccc([nH]1)/C(c1ccccc1)=C1/C=CC(=N1)/C(c1ccccc1)=C1/C=CC(N1)C2c1ccccc1. The topological polar surface area (TPSA) is 82.5 Å². The van der Waals surface area contributed by atoms with Gasteiger partial charge in [0.2, 0.25) is 5.78 Å². The van der Waals surface area contributed by atoms with Crippen LogP contribution >= 0.6 is 0 Å². The third kappa shape index (κ3) is 4.42. The Hall–Kier alpha value is -6.66. The Morgan fingerprint density at radius 3 is 2.08 bits per heavy atom. The number of rotatable bonds is 3. The van der Waals surface area contributed by atoms with E-state index in [0.717, 1.165) is 72.8 Å². The van der Waals surface area contributed by atoms with Crippen LogP contribution in [0.4, 0.5) is 5.69 Å². The number of hydrogen-bond acceptors (Lipinski definition) is 5. The number of carbonyl (C=O) groups is 1. The number of pyridine rings is 1. The molecule has 0 amide bonds. The molecule has 2 aromatic heterocycles. The molecule has 0 saturated carbocycles. The molecule has 2 unspecified atom stereocenters. The van der Waals surface area contributed by atoms with E-state index in [4.69, 9.17) is 15.0 Å². The minimum Gasteiger partial charge on any atom is -0.377 e. The van der Waals surface area contributed by atoms with Gasteiger partial charge in [0.05, 0.1) is 28.9 Å². The molecule has 6 heteroatoms. The number of nitrogens with zero attached hydrogens (tertiary/aromatic N) is 3. The van der Waals surface area contributed by atoms with Crippen molar-refractivity contribution in [2.75, 3.05) is 0 Å².